The second-order valence-corrected chi connectivity index (χ2v) is 11.9. The van der Waals surface area contributed by atoms with Gasteiger partial charge >= 0.3 is 0 Å². The minimum absolute atomic E-state index is 0.0891. The zero-order valence-electron chi connectivity index (χ0n) is 21.9. The van der Waals surface area contributed by atoms with Crippen LogP contribution in [0.1, 0.15) is 36.7 Å². The lowest BCUT2D eigenvalue weighted by Crippen LogP contribution is -2.45. The maximum absolute atomic E-state index is 13.5. The van der Waals surface area contributed by atoms with Gasteiger partial charge in [0, 0.05) is 34.0 Å². The number of anilines is 1. The predicted molar refractivity (Wildman–Crippen MR) is 150 cm³/mol. The van der Waals surface area contributed by atoms with Gasteiger partial charge in [-0.1, -0.05) is 54.6 Å². The van der Waals surface area contributed by atoms with Crippen molar-refractivity contribution in [1.29, 1.82) is 0 Å². The third-order valence-corrected chi connectivity index (χ3v) is 7.70. The monoisotopic (exact) mass is 547 g/mol. The largest absolute Gasteiger partial charge is 0.340 e. The molecular weight excluding hydrogens is 517 g/mol. The predicted octanol–water partition coefficient (Wildman–Crippen LogP) is 5.04. The maximum atomic E-state index is 13.5. The molecule has 202 valence electrons. The van der Waals surface area contributed by atoms with Crippen LogP contribution >= 0.6 is 0 Å². The standard InChI is InChI=1S/C30H30FN3O4S/c1-30(2,3)34-39(37,38)27-14-8-11-23-24(27)12-7-13-25(23)32-29(36)26(19-20-15-17-22(31)18-16-20)33-28(35)21-9-5-4-6-10-21/h4-18,26,34H,19H2,1-3H3,(H,32,36)(H,33,35)/t26-/m0/s1. The van der Waals surface area contributed by atoms with E-state index in [9.17, 15) is 22.4 Å². The summed E-state index contributed by atoms with van der Waals surface area (Å²) in [6, 6.07) is 23.1. The van der Waals surface area contributed by atoms with Gasteiger partial charge in [-0.15, -0.1) is 0 Å². The van der Waals surface area contributed by atoms with E-state index in [1.165, 1.54) is 18.2 Å². The van der Waals surface area contributed by atoms with Gasteiger partial charge in [0.05, 0.1) is 4.90 Å². The maximum Gasteiger partial charge on any atom is 0.251 e. The Labute approximate surface area is 227 Å². The summed E-state index contributed by atoms with van der Waals surface area (Å²) >= 11 is 0. The highest BCUT2D eigenvalue weighted by Gasteiger charge is 2.26. The van der Waals surface area contributed by atoms with Gasteiger partial charge in [-0.05, 0) is 62.7 Å². The van der Waals surface area contributed by atoms with E-state index in [2.05, 4.69) is 15.4 Å². The van der Waals surface area contributed by atoms with Gasteiger partial charge in [0.1, 0.15) is 11.9 Å². The van der Waals surface area contributed by atoms with Crippen molar-refractivity contribution < 1.29 is 22.4 Å². The molecule has 7 nitrogen and oxygen atoms in total. The van der Waals surface area contributed by atoms with Crippen molar-refractivity contribution in [3.05, 3.63) is 108 Å². The first-order valence-corrected chi connectivity index (χ1v) is 13.9. The lowest BCUT2D eigenvalue weighted by molar-refractivity contribution is -0.118. The van der Waals surface area contributed by atoms with E-state index in [0.29, 0.717) is 27.6 Å². The van der Waals surface area contributed by atoms with Crippen molar-refractivity contribution in [2.75, 3.05) is 5.32 Å². The molecule has 0 aliphatic heterocycles. The number of nitrogens with one attached hydrogen (secondary N) is 3. The van der Waals surface area contributed by atoms with E-state index in [1.807, 2.05) is 0 Å². The summed E-state index contributed by atoms with van der Waals surface area (Å²) in [5.74, 6) is -1.34. The van der Waals surface area contributed by atoms with Gasteiger partial charge in [0.25, 0.3) is 5.91 Å². The van der Waals surface area contributed by atoms with Crippen LogP contribution in [0.2, 0.25) is 0 Å². The summed E-state index contributed by atoms with van der Waals surface area (Å²) in [6.45, 7) is 5.27. The van der Waals surface area contributed by atoms with Gasteiger partial charge < -0.3 is 10.6 Å². The molecule has 0 aliphatic rings. The third-order valence-electron chi connectivity index (χ3n) is 5.88. The fraction of sp³-hybridized carbons (Fsp3) is 0.200. The third kappa shape index (κ3) is 7.07. The van der Waals surface area contributed by atoms with Crippen LogP contribution in [0.3, 0.4) is 0 Å². The van der Waals surface area contributed by atoms with Crippen molar-refractivity contribution >= 4 is 38.3 Å². The van der Waals surface area contributed by atoms with Crippen molar-refractivity contribution in [3.8, 4) is 0 Å². The van der Waals surface area contributed by atoms with Gasteiger partial charge in [-0.2, -0.15) is 0 Å². The average molecular weight is 548 g/mol. The molecule has 0 aromatic heterocycles. The number of fused-ring (bicyclic) bond motifs is 1. The van der Waals surface area contributed by atoms with Crippen LogP contribution in [0.15, 0.2) is 95.9 Å². The van der Waals surface area contributed by atoms with Gasteiger partial charge in [0.2, 0.25) is 15.9 Å². The van der Waals surface area contributed by atoms with Gasteiger partial charge in [-0.25, -0.2) is 17.5 Å². The highest BCUT2D eigenvalue weighted by atomic mass is 32.2. The number of hydrogen-bond acceptors (Lipinski definition) is 4. The van der Waals surface area contributed by atoms with Crippen molar-refractivity contribution in [3.63, 3.8) is 0 Å². The van der Waals surface area contributed by atoms with E-state index in [4.69, 9.17) is 0 Å². The molecule has 2 amide bonds. The highest BCUT2D eigenvalue weighted by Crippen LogP contribution is 2.29. The number of carbonyl (C=O) groups is 2. The summed E-state index contributed by atoms with van der Waals surface area (Å²) < 4.78 is 42.4. The zero-order valence-corrected chi connectivity index (χ0v) is 22.7. The van der Waals surface area contributed by atoms with Crippen LogP contribution in [0.5, 0.6) is 0 Å². The number of sulfonamides is 1. The molecule has 39 heavy (non-hydrogen) atoms. The molecule has 4 aromatic carbocycles. The Morgan fingerprint density at radius 2 is 1.46 bits per heavy atom. The first-order chi connectivity index (χ1) is 18.4. The Bertz CT molecular complexity index is 1600. The molecule has 4 rings (SSSR count). The molecule has 0 radical (unpaired) electrons. The molecule has 0 saturated carbocycles. The van der Waals surface area contributed by atoms with Crippen molar-refractivity contribution in [2.45, 2.75) is 43.7 Å². The van der Waals surface area contributed by atoms with Crippen LogP contribution in [0, 0.1) is 5.82 Å². The molecule has 0 unspecified atom stereocenters. The highest BCUT2D eigenvalue weighted by molar-refractivity contribution is 7.89. The topological polar surface area (TPSA) is 104 Å². The van der Waals surface area contributed by atoms with E-state index in [1.54, 1.807) is 93.6 Å². The molecule has 0 fully saturated rings. The molecular formula is C30H30FN3O4S. The molecule has 1 atom stereocenters. The minimum Gasteiger partial charge on any atom is -0.340 e. The molecule has 0 bridgehead atoms. The second-order valence-electron chi connectivity index (χ2n) is 10.2. The summed E-state index contributed by atoms with van der Waals surface area (Å²) in [7, 11) is -3.85. The molecule has 3 N–H and O–H groups in total. The van der Waals surface area contributed by atoms with Crippen LogP contribution in [-0.4, -0.2) is 31.8 Å². The number of carbonyl (C=O) groups excluding carboxylic acids is 2. The Hall–Kier alpha value is -4.08. The Balaban J connectivity index is 1.66. The summed E-state index contributed by atoms with van der Waals surface area (Å²) in [5.41, 5.74) is 0.755. The van der Waals surface area contributed by atoms with Gasteiger partial charge in [-0.3, -0.25) is 9.59 Å². The normalized spacial score (nSPS) is 12.6. The quantitative estimate of drug-likeness (QED) is 0.288. The summed E-state index contributed by atoms with van der Waals surface area (Å²) in [6.07, 6.45) is 0.116. The fourth-order valence-corrected chi connectivity index (χ4v) is 5.84. The Morgan fingerprint density at radius 3 is 2.13 bits per heavy atom. The average Bonchev–Trinajstić information content (AvgIpc) is 2.88. The SMILES string of the molecule is CC(C)(C)NS(=O)(=O)c1cccc2c(NC(=O)[C@H](Cc3ccc(F)cc3)NC(=O)c3ccccc3)cccc12. The zero-order chi connectivity index (χ0) is 28.2. The fourth-order valence-electron chi connectivity index (χ4n) is 4.20. The number of rotatable bonds is 8. The second kappa shape index (κ2) is 11.3. The molecule has 9 heteroatoms. The molecule has 0 saturated heterocycles. The molecule has 0 heterocycles. The number of halogens is 1. The first kappa shape index (κ1) is 27.9. The van der Waals surface area contributed by atoms with Gasteiger partial charge in [0.15, 0.2) is 0 Å². The molecule has 4 aromatic rings. The van der Waals surface area contributed by atoms with Crippen LogP contribution in [0.25, 0.3) is 10.8 Å². The van der Waals surface area contributed by atoms with Crippen molar-refractivity contribution in [2.24, 2.45) is 0 Å². The van der Waals surface area contributed by atoms with Crippen LogP contribution < -0.4 is 15.4 Å². The van der Waals surface area contributed by atoms with Crippen LogP contribution in [0.4, 0.5) is 10.1 Å². The summed E-state index contributed by atoms with van der Waals surface area (Å²) in [5, 5.41) is 6.60. The van der Waals surface area contributed by atoms with Crippen molar-refractivity contribution in [1.82, 2.24) is 10.0 Å². The number of benzene rings is 4. The Morgan fingerprint density at radius 1 is 0.821 bits per heavy atom. The lowest BCUT2D eigenvalue weighted by atomic mass is 10.0. The van der Waals surface area contributed by atoms with E-state index >= 15 is 0 Å². The lowest BCUT2D eigenvalue weighted by Gasteiger charge is -2.22. The molecule has 0 aliphatic carbocycles. The van der Waals surface area contributed by atoms with E-state index < -0.39 is 39.2 Å². The van der Waals surface area contributed by atoms with E-state index in [0.717, 1.165) is 0 Å². The molecule has 0 spiro atoms. The minimum atomic E-state index is -3.85. The smallest absolute Gasteiger partial charge is 0.251 e. The van der Waals surface area contributed by atoms with E-state index in [-0.39, 0.29) is 11.3 Å². The number of amides is 2. The Kier molecular flexibility index (Phi) is 8.13. The first-order valence-electron chi connectivity index (χ1n) is 12.4. The summed E-state index contributed by atoms with van der Waals surface area (Å²) in [4.78, 5) is 26.5. The number of hydrogen-bond donors (Lipinski definition) is 3. The van der Waals surface area contributed by atoms with Crippen LogP contribution in [-0.2, 0) is 21.2 Å².